The van der Waals surface area contributed by atoms with E-state index in [4.69, 9.17) is 10.7 Å². The number of rotatable bonds is 11. The Hall–Kier alpha value is -4.04. The van der Waals surface area contributed by atoms with Gasteiger partial charge < -0.3 is 30.7 Å². The molecule has 1 aromatic heterocycles. The Morgan fingerprint density at radius 3 is 2.67 bits per heavy atom. The van der Waals surface area contributed by atoms with Gasteiger partial charge in [-0.15, -0.1) is 0 Å². The van der Waals surface area contributed by atoms with Gasteiger partial charge in [-0.2, -0.15) is 0 Å². The summed E-state index contributed by atoms with van der Waals surface area (Å²) >= 11 is 0. The van der Waals surface area contributed by atoms with Crippen LogP contribution in [0.25, 0.3) is 10.9 Å². The molecule has 1 aliphatic rings. The molecule has 1 aliphatic heterocycles. The lowest BCUT2D eigenvalue weighted by Gasteiger charge is -2.25. The van der Waals surface area contributed by atoms with Crippen molar-refractivity contribution in [3.63, 3.8) is 0 Å². The quantitative estimate of drug-likeness (QED) is 0.184. The summed E-state index contributed by atoms with van der Waals surface area (Å²) < 4.78 is 2.29. The lowest BCUT2D eigenvalue weighted by molar-refractivity contribution is -0.116. The predicted octanol–water partition coefficient (Wildman–Crippen LogP) is 4.79. The summed E-state index contributed by atoms with van der Waals surface area (Å²) in [6.45, 7) is 11.0. The van der Waals surface area contributed by atoms with Gasteiger partial charge in [0, 0.05) is 56.6 Å². The van der Waals surface area contributed by atoms with Gasteiger partial charge in [-0.05, 0) is 63.5 Å². The maximum Gasteiger partial charge on any atom is 0.252 e. The van der Waals surface area contributed by atoms with Gasteiger partial charge in [-0.3, -0.25) is 4.79 Å². The van der Waals surface area contributed by atoms with Crippen LogP contribution in [0.4, 0.5) is 17.1 Å². The normalized spacial score (nSPS) is 13.6. The van der Waals surface area contributed by atoms with Gasteiger partial charge in [0.25, 0.3) is 5.91 Å². The van der Waals surface area contributed by atoms with Gasteiger partial charge in [-0.1, -0.05) is 37.8 Å². The van der Waals surface area contributed by atoms with Crippen LogP contribution in [0.1, 0.15) is 37.0 Å². The highest BCUT2D eigenvalue weighted by molar-refractivity contribution is 6.31. The fourth-order valence-electron chi connectivity index (χ4n) is 5.40. The number of nitrogens with one attached hydrogen (secondary N) is 2. The number of nitrogens with zero attached hydrogens (tertiary/aromatic N) is 4. The minimum Gasteiger partial charge on any atom is -0.397 e. The highest BCUT2D eigenvalue weighted by atomic mass is 16.1. The van der Waals surface area contributed by atoms with Crippen LogP contribution in [-0.2, 0) is 24.2 Å². The zero-order valence-corrected chi connectivity index (χ0v) is 24.8. The number of carbonyl (C=O) groups is 1. The third-order valence-corrected chi connectivity index (χ3v) is 7.55. The van der Waals surface area contributed by atoms with Crippen molar-refractivity contribution in [3.8, 4) is 0 Å². The van der Waals surface area contributed by atoms with E-state index in [9.17, 15) is 4.79 Å². The molecule has 8 heteroatoms. The molecule has 0 aliphatic carbocycles. The predicted molar refractivity (Wildman–Crippen MR) is 169 cm³/mol. The van der Waals surface area contributed by atoms with Crippen LogP contribution in [0.3, 0.4) is 0 Å². The van der Waals surface area contributed by atoms with Crippen LogP contribution in [0.5, 0.6) is 0 Å². The molecule has 0 unspecified atom stereocenters. The molecule has 3 aromatic rings. The van der Waals surface area contributed by atoms with Crippen molar-refractivity contribution < 1.29 is 4.79 Å². The molecule has 8 nitrogen and oxygen atoms in total. The number of carbonyl (C=O) groups excluding carboxylic acids is 1. The third-order valence-electron chi connectivity index (χ3n) is 7.55. The summed E-state index contributed by atoms with van der Waals surface area (Å²) in [6, 6.07) is 10.5. The molecular weight excluding hydrogens is 498 g/mol. The number of anilines is 3. The van der Waals surface area contributed by atoms with Crippen molar-refractivity contribution in [2.75, 3.05) is 57.2 Å². The number of benzene rings is 2. The molecule has 0 spiro atoms. The molecular formula is C32H43N7O. The molecule has 0 saturated carbocycles. The molecule has 0 fully saturated rings. The van der Waals surface area contributed by atoms with Crippen molar-refractivity contribution >= 4 is 39.6 Å². The molecule has 0 atom stereocenters. The Kier molecular flexibility index (Phi) is 9.00. The number of para-hydroxylation sites is 1. The summed E-state index contributed by atoms with van der Waals surface area (Å²) in [6.07, 6.45) is 6.89. The first-order valence-electron chi connectivity index (χ1n) is 14.0. The average molecular weight is 542 g/mol. The molecule has 0 radical (unpaired) electrons. The van der Waals surface area contributed by atoms with Crippen LogP contribution in [0, 0.1) is 0 Å². The van der Waals surface area contributed by atoms with Gasteiger partial charge in [0.15, 0.2) is 0 Å². The maximum atomic E-state index is 13.0. The number of allylic oxidation sites excluding steroid dienone is 1. The van der Waals surface area contributed by atoms with Crippen molar-refractivity contribution in [3.05, 3.63) is 77.3 Å². The highest BCUT2D eigenvalue weighted by Crippen LogP contribution is 2.33. The number of nitrogens with two attached hydrogens (primary N) is 1. The molecule has 212 valence electrons. The van der Waals surface area contributed by atoms with E-state index in [-0.39, 0.29) is 5.91 Å². The van der Waals surface area contributed by atoms with Crippen molar-refractivity contribution in [1.29, 1.82) is 0 Å². The number of amides is 1. The number of aliphatic imine (C=N–C) groups is 1. The lowest BCUT2D eigenvalue weighted by Crippen LogP contribution is -2.29. The second-order valence-corrected chi connectivity index (χ2v) is 10.6. The Bertz CT molecular complexity index is 1480. The topological polar surface area (TPSA) is 90.9 Å². The highest BCUT2D eigenvalue weighted by Gasteiger charge is 2.24. The van der Waals surface area contributed by atoms with Crippen LogP contribution < -0.4 is 21.3 Å². The van der Waals surface area contributed by atoms with Gasteiger partial charge in [0.2, 0.25) is 0 Å². The fraction of sp³-hybridized carbons (Fsp3) is 0.375. The van der Waals surface area contributed by atoms with E-state index in [1.165, 1.54) is 11.1 Å². The van der Waals surface area contributed by atoms with Crippen molar-refractivity contribution in [1.82, 2.24) is 14.8 Å². The van der Waals surface area contributed by atoms with E-state index in [1.54, 1.807) is 7.05 Å². The molecule has 0 bridgehead atoms. The maximum absolute atomic E-state index is 13.0. The SMILES string of the molecule is C=C(N=C(/C(=C\C)C(=O)NC)c1cn2c3c(cccc13)CCC2)Nc1cc(N)c(N(C)CCN(C)C)cc1CC. The minimum atomic E-state index is -0.190. The Labute approximate surface area is 238 Å². The number of nitrogen functional groups attached to an aromatic ring is 1. The van der Waals surface area contributed by atoms with Crippen molar-refractivity contribution in [2.24, 2.45) is 4.99 Å². The summed E-state index contributed by atoms with van der Waals surface area (Å²) in [5, 5.41) is 7.26. The Morgan fingerprint density at radius 1 is 1.23 bits per heavy atom. The first-order chi connectivity index (χ1) is 19.2. The number of aryl methyl sites for hydroxylation is 3. The number of aromatic nitrogens is 1. The number of hydrogen-bond acceptors (Lipinski definition) is 6. The summed E-state index contributed by atoms with van der Waals surface area (Å²) in [7, 11) is 7.83. The number of hydrogen-bond donors (Lipinski definition) is 3. The molecule has 4 rings (SSSR count). The molecule has 2 aromatic carbocycles. The zero-order valence-electron chi connectivity index (χ0n) is 24.8. The van der Waals surface area contributed by atoms with Gasteiger partial charge in [-0.25, -0.2) is 4.99 Å². The van der Waals surface area contributed by atoms with E-state index < -0.39 is 0 Å². The summed E-state index contributed by atoms with van der Waals surface area (Å²) in [5.41, 5.74) is 14.8. The Balaban J connectivity index is 1.74. The van der Waals surface area contributed by atoms with E-state index >= 15 is 0 Å². The van der Waals surface area contributed by atoms with Gasteiger partial charge in [0.05, 0.1) is 28.2 Å². The van der Waals surface area contributed by atoms with Gasteiger partial charge >= 0.3 is 0 Å². The molecule has 1 amide bonds. The van der Waals surface area contributed by atoms with E-state index in [0.717, 1.165) is 66.8 Å². The standard InChI is InChI=1S/C32H43N7O/c1-8-22-18-29(38(7)17-16-37(5)6)27(33)19-28(22)35-21(3)36-30(24(9-2)32(40)34-4)26-20-39-15-11-13-23-12-10-14-25(26)31(23)39/h9-10,12,14,18-20,35H,3,8,11,13,15-17,33H2,1-2,4-7H3,(H,34,40)/b24-9+,36-30?. The van der Waals surface area contributed by atoms with Crippen LogP contribution in [-0.4, -0.2) is 62.4 Å². The molecule has 40 heavy (non-hydrogen) atoms. The van der Waals surface area contributed by atoms with Gasteiger partial charge in [0.1, 0.15) is 5.82 Å². The lowest BCUT2D eigenvalue weighted by atomic mass is 9.98. The monoisotopic (exact) mass is 541 g/mol. The molecule has 2 heterocycles. The average Bonchev–Trinajstić information content (AvgIpc) is 3.31. The second-order valence-electron chi connectivity index (χ2n) is 10.6. The smallest absolute Gasteiger partial charge is 0.252 e. The zero-order chi connectivity index (χ0) is 29.0. The van der Waals surface area contributed by atoms with Crippen LogP contribution in [0.15, 0.2) is 65.6 Å². The molecule has 0 saturated heterocycles. The third kappa shape index (κ3) is 5.92. The van der Waals surface area contributed by atoms with E-state index in [2.05, 4.69) is 90.1 Å². The summed E-state index contributed by atoms with van der Waals surface area (Å²) in [5.74, 6) is 0.248. The summed E-state index contributed by atoms with van der Waals surface area (Å²) in [4.78, 5) is 22.3. The first kappa shape index (κ1) is 29.0. The van der Waals surface area contributed by atoms with Crippen LogP contribution >= 0.6 is 0 Å². The van der Waals surface area contributed by atoms with Crippen LogP contribution in [0.2, 0.25) is 0 Å². The minimum absolute atomic E-state index is 0.190. The van der Waals surface area contributed by atoms with E-state index in [1.807, 2.05) is 19.1 Å². The van der Waals surface area contributed by atoms with Crippen molar-refractivity contribution in [2.45, 2.75) is 39.7 Å². The van der Waals surface area contributed by atoms with E-state index in [0.29, 0.717) is 22.8 Å². The molecule has 4 N–H and O–H groups in total. The fourth-order valence-corrected chi connectivity index (χ4v) is 5.40. The largest absolute Gasteiger partial charge is 0.397 e. The Morgan fingerprint density at radius 2 is 2.00 bits per heavy atom. The number of likely N-dealkylation sites (N-methyl/N-ethyl adjacent to an activating group) is 3. The second kappa shape index (κ2) is 12.4. The first-order valence-corrected chi connectivity index (χ1v) is 14.0.